The summed E-state index contributed by atoms with van der Waals surface area (Å²) in [5.74, 6) is 0.550. The number of rotatable bonds is 7. The van der Waals surface area contributed by atoms with E-state index < -0.39 is 22.2 Å². The fourth-order valence-corrected chi connectivity index (χ4v) is 4.95. The Balaban J connectivity index is 1.89. The zero-order valence-electron chi connectivity index (χ0n) is 17.6. The van der Waals surface area contributed by atoms with Gasteiger partial charge in [0.1, 0.15) is 12.2 Å². The molecule has 0 amide bonds. The Labute approximate surface area is 187 Å². The van der Waals surface area contributed by atoms with Crippen molar-refractivity contribution in [2.45, 2.75) is 24.0 Å². The number of halogens is 1. The van der Waals surface area contributed by atoms with E-state index in [1.807, 2.05) is 0 Å². The molecule has 2 aromatic carbocycles. The Morgan fingerprint density at radius 2 is 1.65 bits per heavy atom. The van der Waals surface area contributed by atoms with Crippen molar-refractivity contribution >= 4 is 57.0 Å². The minimum Gasteiger partial charge on any atom is -0.338 e. The Morgan fingerprint density at radius 1 is 1.00 bits per heavy atom. The number of hydrogen-bond donors (Lipinski definition) is 2. The van der Waals surface area contributed by atoms with Crippen LogP contribution >= 0.6 is 18.7 Å². The third-order valence-corrected chi connectivity index (χ3v) is 8.59. The molecule has 31 heavy (non-hydrogen) atoms. The fourth-order valence-electron chi connectivity index (χ4n) is 2.75. The quantitative estimate of drug-likeness (QED) is 0.458. The van der Waals surface area contributed by atoms with Crippen LogP contribution in [0.1, 0.15) is 13.8 Å². The van der Waals surface area contributed by atoms with E-state index >= 15 is 0 Å². The molecule has 164 valence electrons. The van der Waals surface area contributed by atoms with Crippen LogP contribution in [0, 0.1) is 0 Å². The molecule has 10 heteroatoms. The van der Waals surface area contributed by atoms with E-state index in [4.69, 9.17) is 11.6 Å². The molecule has 0 atom stereocenters. The topological polar surface area (TPSA) is 101 Å². The van der Waals surface area contributed by atoms with Gasteiger partial charge in [-0.3, -0.25) is 0 Å². The average molecular weight is 479 g/mol. The van der Waals surface area contributed by atoms with E-state index in [9.17, 15) is 13.0 Å². The van der Waals surface area contributed by atoms with Crippen LogP contribution in [0.3, 0.4) is 0 Å². The normalized spacial score (nSPS) is 12.1. The second kappa shape index (κ2) is 8.99. The maximum atomic E-state index is 12.7. The molecule has 0 fully saturated rings. The van der Waals surface area contributed by atoms with Crippen molar-refractivity contribution in [1.82, 2.24) is 9.97 Å². The van der Waals surface area contributed by atoms with Crippen LogP contribution in [0.15, 0.2) is 59.6 Å². The lowest BCUT2D eigenvalue weighted by Gasteiger charge is -2.15. The monoisotopic (exact) mass is 478 g/mol. The maximum absolute atomic E-state index is 12.7. The first-order chi connectivity index (χ1) is 14.5. The summed E-state index contributed by atoms with van der Waals surface area (Å²) in [6.45, 7) is 6.69. The number of anilines is 4. The smallest absolute Gasteiger partial charge is 0.229 e. The molecule has 0 bridgehead atoms. The average Bonchev–Trinajstić information content (AvgIpc) is 2.70. The molecule has 2 N–H and O–H groups in total. The predicted molar refractivity (Wildman–Crippen MR) is 128 cm³/mol. The number of benzene rings is 2. The highest BCUT2D eigenvalue weighted by molar-refractivity contribution is 7.92. The zero-order chi connectivity index (χ0) is 22.8. The van der Waals surface area contributed by atoms with Crippen LogP contribution in [-0.4, -0.2) is 37.0 Å². The molecule has 0 aliphatic heterocycles. The molecule has 0 spiro atoms. The Morgan fingerprint density at radius 3 is 2.26 bits per heavy atom. The van der Waals surface area contributed by atoms with Crippen LogP contribution < -0.4 is 15.9 Å². The summed E-state index contributed by atoms with van der Waals surface area (Å²) in [7, 11) is -5.84. The first kappa shape index (κ1) is 23.3. The lowest BCUT2D eigenvalue weighted by Crippen LogP contribution is -2.15. The van der Waals surface area contributed by atoms with Crippen molar-refractivity contribution in [2.24, 2.45) is 0 Å². The van der Waals surface area contributed by atoms with Crippen LogP contribution in [0.5, 0.6) is 0 Å². The van der Waals surface area contributed by atoms with Gasteiger partial charge in [-0.1, -0.05) is 23.7 Å². The second-order valence-corrected chi connectivity index (χ2v) is 13.7. The van der Waals surface area contributed by atoms with Gasteiger partial charge in [0.2, 0.25) is 5.95 Å². The molecule has 3 aromatic rings. The number of para-hydroxylation sites is 1. The van der Waals surface area contributed by atoms with E-state index in [2.05, 4.69) is 20.6 Å². The van der Waals surface area contributed by atoms with Crippen molar-refractivity contribution in [1.29, 1.82) is 0 Å². The molecule has 1 heterocycles. The van der Waals surface area contributed by atoms with Crippen molar-refractivity contribution in [3.05, 3.63) is 59.8 Å². The maximum Gasteiger partial charge on any atom is 0.229 e. The van der Waals surface area contributed by atoms with Crippen LogP contribution in [-0.2, 0) is 14.4 Å². The molecule has 0 unspecified atom stereocenters. The van der Waals surface area contributed by atoms with Gasteiger partial charge in [0.25, 0.3) is 0 Å². The first-order valence-electron chi connectivity index (χ1n) is 9.53. The summed E-state index contributed by atoms with van der Waals surface area (Å²) in [5.41, 5.74) is 1.10. The molecule has 3 rings (SSSR count). The third-order valence-electron chi connectivity index (χ3n) is 4.56. The molecule has 0 saturated heterocycles. The Hall–Kier alpha value is -2.41. The van der Waals surface area contributed by atoms with E-state index in [0.717, 1.165) is 5.30 Å². The second-order valence-electron chi connectivity index (χ2n) is 7.63. The van der Waals surface area contributed by atoms with Crippen LogP contribution in [0.4, 0.5) is 23.1 Å². The summed E-state index contributed by atoms with van der Waals surface area (Å²) >= 11 is 6.25. The van der Waals surface area contributed by atoms with Gasteiger partial charge >= 0.3 is 0 Å². The Bertz CT molecular complexity index is 1240. The van der Waals surface area contributed by atoms with E-state index in [1.165, 1.54) is 6.20 Å². The standard InChI is InChI=1S/C21H24ClN4O3PS/c1-14(2)31(28,29)19-8-6-5-7-18(19)25-20-17(22)13-23-21(26-20)24-15-9-11-16(12-10-15)30(3,4)27/h5-14H,1-4H3,(H2,23,24,25,26). The van der Waals surface area contributed by atoms with Crippen LogP contribution in [0.2, 0.25) is 5.02 Å². The van der Waals surface area contributed by atoms with Crippen LogP contribution in [0.25, 0.3) is 0 Å². The molecule has 7 nitrogen and oxygen atoms in total. The van der Waals surface area contributed by atoms with Gasteiger partial charge in [-0.2, -0.15) is 4.98 Å². The minimum absolute atomic E-state index is 0.174. The largest absolute Gasteiger partial charge is 0.338 e. The zero-order valence-corrected chi connectivity index (χ0v) is 20.1. The summed E-state index contributed by atoms with van der Waals surface area (Å²) in [5, 5.41) is 6.54. The number of sulfone groups is 1. The molecule has 0 aliphatic rings. The van der Waals surface area contributed by atoms with Gasteiger partial charge in [-0.25, -0.2) is 13.4 Å². The molecular weight excluding hydrogens is 455 g/mol. The van der Waals surface area contributed by atoms with Crippen molar-refractivity contribution in [3.63, 3.8) is 0 Å². The summed E-state index contributed by atoms with van der Waals surface area (Å²) in [6, 6.07) is 13.8. The van der Waals surface area contributed by atoms with Gasteiger partial charge in [0, 0.05) is 11.0 Å². The van der Waals surface area contributed by atoms with Crippen molar-refractivity contribution in [3.8, 4) is 0 Å². The van der Waals surface area contributed by atoms with Crippen molar-refractivity contribution in [2.75, 3.05) is 24.0 Å². The number of nitrogens with zero attached hydrogens (tertiary/aromatic N) is 2. The SMILES string of the molecule is CC(C)S(=O)(=O)c1ccccc1Nc1nc(Nc2ccc(P(C)(C)=O)cc2)ncc1Cl. The third kappa shape index (κ3) is 5.45. The summed E-state index contributed by atoms with van der Waals surface area (Å²) in [4.78, 5) is 8.74. The number of hydrogen-bond acceptors (Lipinski definition) is 7. The first-order valence-corrected chi connectivity index (χ1v) is 14.1. The van der Waals surface area contributed by atoms with Gasteiger partial charge in [0.15, 0.2) is 15.7 Å². The highest BCUT2D eigenvalue weighted by Gasteiger charge is 2.23. The molecular formula is C21H24ClN4O3PS. The lowest BCUT2D eigenvalue weighted by molar-refractivity contribution is 0.587. The summed E-state index contributed by atoms with van der Waals surface area (Å²) in [6.07, 6.45) is 1.43. The van der Waals surface area contributed by atoms with E-state index in [-0.39, 0.29) is 21.7 Å². The minimum atomic E-state index is -3.50. The highest BCUT2D eigenvalue weighted by Crippen LogP contribution is 2.35. The van der Waals surface area contributed by atoms with E-state index in [0.29, 0.717) is 11.4 Å². The Kier molecular flexibility index (Phi) is 6.74. The lowest BCUT2D eigenvalue weighted by atomic mass is 10.3. The molecule has 1 aromatic heterocycles. The number of nitrogens with one attached hydrogen (secondary N) is 2. The van der Waals surface area contributed by atoms with E-state index in [1.54, 1.807) is 75.7 Å². The molecule has 0 radical (unpaired) electrons. The molecule has 0 aliphatic carbocycles. The van der Waals surface area contributed by atoms with Gasteiger partial charge in [-0.15, -0.1) is 0 Å². The highest BCUT2D eigenvalue weighted by atomic mass is 35.5. The van der Waals surface area contributed by atoms with Gasteiger partial charge in [0.05, 0.1) is 22.0 Å². The molecule has 0 saturated carbocycles. The fraction of sp³-hybridized carbons (Fsp3) is 0.238. The van der Waals surface area contributed by atoms with Gasteiger partial charge in [-0.05, 0) is 63.6 Å². The van der Waals surface area contributed by atoms with Crippen molar-refractivity contribution < 1.29 is 13.0 Å². The number of aromatic nitrogens is 2. The predicted octanol–water partition coefficient (Wildman–Crippen LogP) is 5.05. The van der Waals surface area contributed by atoms with Gasteiger partial charge < -0.3 is 15.2 Å². The summed E-state index contributed by atoms with van der Waals surface area (Å²) < 4.78 is 37.6.